The van der Waals surface area contributed by atoms with Crippen molar-refractivity contribution in [3.05, 3.63) is 30.0 Å². The summed E-state index contributed by atoms with van der Waals surface area (Å²) in [7, 11) is 0. The zero-order valence-electron chi connectivity index (χ0n) is 12.9. The molecule has 21 heavy (non-hydrogen) atoms. The fourth-order valence-electron chi connectivity index (χ4n) is 3.42. The van der Waals surface area contributed by atoms with E-state index in [0.717, 1.165) is 36.8 Å². The summed E-state index contributed by atoms with van der Waals surface area (Å²) in [6.45, 7) is 6.23. The molecule has 1 aliphatic rings. The van der Waals surface area contributed by atoms with Crippen molar-refractivity contribution in [2.45, 2.75) is 39.5 Å². The first-order valence-electron chi connectivity index (χ1n) is 7.91. The van der Waals surface area contributed by atoms with Gasteiger partial charge in [-0.3, -0.25) is 9.89 Å². The number of likely N-dealkylation sites (tertiary alicyclic amines) is 1. The first-order chi connectivity index (χ1) is 10.2. The Morgan fingerprint density at radius 3 is 2.57 bits per heavy atom. The lowest BCUT2D eigenvalue weighted by Crippen LogP contribution is -2.43. The third kappa shape index (κ3) is 2.43. The van der Waals surface area contributed by atoms with Gasteiger partial charge >= 0.3 is 0 Å². The van der Waals surface area contributed by atoms with Crippen molar-refractivity contribution in [1.29, 1.82) is 0 Å². The third-order valence-electron chi connectivity index (χ3n) is 5.28. The van der Waals surface area contributed by atoms with Gasteiger partial charge in [0.15, 0.2) is 5.69 Å². The predicted molar refractivity (Wildman–Crippen MR) is 84.2 cm³/mol. The molecule has 1 aromatic heterocycles. The summed E-state index contributed by atoms with van der Waals surface area (Å²) in [6.07, 6.45) is 4.62. The fraction of sp³-hybridized carbons (Fsp3) is 0.529. The Morgan fingerprint density at radius 1 is 1.24 bits per heavy atom. The highest BCUT2D eigenvalue weighted by Crippen LogP contribution is 2.38. The van der Waals surface area contributed by atoms with Gasteiger partial charge in [-0.1, -0.05) is 44.9 Å². The molecule has 0 unspecified atom stereocenters. The lowest BCUT2D eigenvalue weighted by molar-refractivity contribution is 0.0554. The van der Waals surface area contributed by atoms with Crippen molar-refractivity contribution in [2.24, 2.45) is 5.41 Å². The van der Waals surface area contributed by atoms with Crippen LogP contribution in [0.5, 0.6) is 0 Å². The topological polar surface area (TPSA) is 49.0 Å². The average Bonchev–Trinajstić information content (AvgIpc) is 2.98. The molecule has 4 nitrogen and oxygen atoms in total. The van der Waals surface area contributed by atoms with E-state index in [2.05, 4.69) is 24.0 Å². The molecular formula is C17H23N3O. The molecule has 2 aromatic rings. The Bertz CT molecular complexity index is 632. The number of nitrogens with zero attached hydrogens (tertiary/aromatic N) is 2. The van der Waals surface area contributed by atoms with Crippen LogP contribution in [-0.2, 0) is 0 Å². The average molecular weight is 285 g/mol. The second-order valence-electron chi connectivity index (χ2n) is 6.12. The quantitative estimate of drug-likeness (QED) is 0.936. The highest BCUT2D eigenvalue weighted by Gasteiger charge is 2.33. The smallest absolute Gasteiger partial charge is 0.274 e. The number of amides is 1. The van der Waals surface area contributed by atoms with Gasteiger partial charge in [-0.2, -0.15) is 5.10 Å². The molecule has 0 aliphatic carbocycles. The second kappa shape index (κ2) is 5.51. The van der Waals surface area contributed by atoms with Gasteiger partial charge in [-0.05, 0) is 24.3 Å². The molecule has 1 amide bonds. The highest BCUT2D eigenvalue weighted by atomic mass is 16.2. The van der Waals surface area contributed by atoms with Gasteiger partial charge in [-0.25, -0.2) is 0 Å². The maximum Gasteiger partial charge on any atom is 0.274 e. The number of aromatic nitrogens is 2. The molecule has 1 saturated heterocycles. The molecule has 0 saturated carbocycles. The number of carbonyl (C=O) groups is 1. The summed E-state index contributed by atoms with van der Waals surface area (Å²) in [5, 5.41) is 8.10. The number of H-pyrrole nitrogens is 1. The van der Waals surface area contributed by atoms with Crippen molar-refractivity contribution < 1.29 is 4.79 Å². The number of piperidine rings is 1. The number of benzene rings is 1. The van der Waals surface area contributed by atoms with Crippen LogP contribution in [0.15, 0.2) is 24.3 Å². The number of carbonyl (C=O) groups excluding carboxylic acids is 1. The molecule has 0 bridgehead atoms. The van der Waals surface area contributed by atoms with Gasteiger partial charge in [0.2, 0.25) is 0 Å². The third-order valence-corrected chi connectivity index (χ3v) is 5.28. The van der Waals surface area contributed by atoms with Crippen LogP contribution in [0.25, 0.3) is 10.9 Å². The van der Waals surface area contributed by atoms with E-state index in [1.165, 1.54) is 12.8 Å². The molecule has 1 fully saturated rings. The summed E-state index contributed by atoms with van der Waals surface area (Å²) in [6, 6.07) is 7.81. The first kappa shape index (κ1) is 14.1. The Labute approximate surface area is 125 Å². The SMILES string of the molecule is CCC1(CC)CCN(C(=O)c2n[nH]c3ccccc23)CC1. The maximum absolute atomic E-state index is 12.7. The molecule has 1 aromatic carbocycles. The number of para-hydroxylation sites is 1. The zero-order valence-corrected chi connectivity index (χ0v) is 12.9. The van der Waals surface area contributed by atoms with E-state index in [-0.39, 0.29) is 5.91 Å². The molecular weight excluding hydrogens is 262 g/mol. The van der Waals surface area contributed by atoms with Crippen molar-refractivity contribution in [1.82, 2.24) is 15.1 Å². The summed E-state index contributed by atoms with van der Waals surface area (Å²) < 4.78 is 0. The molecule has 2 heterocycles. The number of nitrogens with one attached hydrogen (secondary N) is 1. The van der Waals surface area contributed by atoms with Crippen LogP contribution in [0.4, 0.5) is 0 Å². The molecule has 1 aliphatic heterocycles. The van der Waals surface area contributed by atoms with E-state index in [0.29, 0.717) is 11.1 Å². The number of hydrogen-bond acceptors (Lipinski definition) is 2. The van der Waals surface area contributed by atoms with E-state index in [4.69, 9.17) is 0 Å². The Morgan fingerprint density at radius 2 is 1.90 bits per heavy atom. The monoisotopic (exact) mass is 285 g/mol. The van der Waals surface area contributed by atoms with E-state index in [9.17, 15) is 4.79 Å². The molecule has 1 N–H and O–H groups in total. The minimum Gasteiger partial charge on any atom is -0.337 e. The van der Waals surface area contributed by atoms with Crippen molar-refractivity contribution in [3.63, 3.8) is 0 Å². The summed E-state index contributed by atoms with van der Waals surface area (Å²) in [5.74, 6) is 0.0632. The lowest BCUT2D eigenvalue weighted by Gasteiger charge is -2.40. The highest BCUT2D eigenvalue weighted by molar-refractivity contribution is 6.04. The predicted octanol–water partition coefficient (Wildman–Crippen LogP) is 3.61. The van der Waals surface area contributed by atoms with Crippen LogP contribution in [0.2, 0.25) is 0 Å². The molecule has 112 valence electrons. The molecule has 0 atom stereocenters. The summed E-state index contributed by atoms with van der Waals surface area (Å²) in [4.78, 5) is 14.7. The van der Waals surface area contributed by atoms with Gasteiger partial charge in [-0.15, -0.1) is 0 Å². The number of aromatic amines is 1. The van der Waals surface area contributed by atoms with Crippen molar-refractivity contribution in [2.75, 3.05) is 13.1 Å². The van der Waals surface area contributed by atoms with Crippen LogP contribution < -0.4 is 0 Å². The molecule has 4 heteroatoms. The number of fused-ring (bicyclic) bond motifs is 1. The van der Waals surface area contributed by atoms with Crippen LogP contribution in [0, 0.1) is 5.41 Å². The van der Waals surface area contributed by atoms with E-state index in [1.807, 2.05) is 29.2 Å². The van der Waals surface area contributed by atoms with Crippen LogP contribution in [0.1, 0.15) is 50.0 Å². The van der Waals surface area contributed by atoms with Crippen LogP contribution >= 0.6 is 0 Å². The Hall–Kier alpha value is -1.84. The minimum atomic E-state index is 0.0632. The van der Waals surface area contributed by atoms with Crippen molar-refractivity contribution >= 4 is 16.8 Å². The molecule has 0 spiro atoms. The normalized spacial score (nSPS) is 18.1. The molecule has 3 rings (SSSR count). The summed E-state index contributed by atoms with van der Waals surface area (Å²) in [5.41, 5.74) is 1.92. The van der Waals surface area contributed by atoms with E-state index < -0.39 is 0 Å². The lowest BCUT2D eigenvalue weighted by atomic mass is 9.74. The standard InChI is InChI=1S/C17H23N3O/c1-3-17(4-2)9-11-20(12-10-17)16(21)15-13-7-5-6-8-14(13)18-19-15/h5-8H,3-4,9-12H2,1-2H3,(H,18,19). The maximum atomic E-state index is 12.7. The van der Waals surface area contributed by atoms with Gasteiger partial charge < -0.3 is 4.90 Å². The van der Waals surface area contributed by atoms with Gasteiger partial charge in [0.25, 0.3) is 5.91 Å². The Kier molecular flexibility index (Phi) is 3.70. The van der Waals surface area contributed by atoms with Crippen molar-refractivity contribution in [3.8, 4) is 0 Å². The fourth-order valence-corrected chi connectivity index (χ4v) is 3.42. The molecule has 0 radical (unpaired) electrons. The number of hydrogen-bond donors (Lipinski definition) is 1. The zero-order chi connectivity index (χ0) is 14.9. The minimum absolute atomic E-state index is 0.0632. The first-order valence-corrected chi connectivity index (χ1v) is 7.91. The largest absolute Gasteiger partial charge is 0.337 e. The van der Waals surface area contributed by atoms with Crippen LogP contribution in [-0.4, -0.2) is 34.1 Å². The number of rotatable bonds is 3. The van der Waals surface area contributed by atoms with Crippen LogP contribution in [0.3, 0.4) is 0 Å². The second-order valence-corrected chi connectivity index (χ2v) is 6.12. The van der Waals surface area contributed by atoms with Gasteiger partial charge in [0, 0.05) is 18.5 Å². The Balaban J connectivity index is 1.78. The van der Waals surface area contributed by atoms with E-state index >= 15 is 0 Å². The summed E-state index contributed by atoms with van der Waals surface area (Å²) >= 11 is 0. The van der Waals surface area contributed by atoms with Gasteiger partial charge in [0.1, 0.15) is 0 Å². The van der Waals surface area contributed by atoms with E-state index in [1.54, 1.807) is 0 Å². The van der Waals surface area contributed by atoms with Gasteiger partial charge in [0.05, 0.1) is 5.52 Å².